The Bertz CT molecular complexity index is 1070. The van der Waals surface area contributed by atoms with Crippen LogP contribution in [0.15, 0.2) is 47.5 Å². The van der Waals surface area contributed by atoms with E-state index in [1.165, 1.54) is 11.8 Å². The van der Waals surface area contributed by atoms with Crippen molar-refractivity contribution in [1.82, 2.24) is 5.32 Å². The van der Waals surface area contributed by atoms with Gasteiger partial charge in [-0.2, -0.15) is 5.26 Å². The van der Waals surface area contributed by atoms with E-state index in [0.29, 0.717) is 29.0 Å². The number of nitrogens with one attached hydrogen (secondary N) is 1. The molecule has 160 valence electrons. The number of thioether (sulfide) groups is 1. The first-order chi connectivity index (χ1) is 15.0. The summed E-state index contributed by atoms with van der Waals surface area (Å²) in [4.78, 5) is 17.3. The third-order valence-electron chi connectivity index (χ3n) is 5.59. The molecule has 9 heteroatoms. The van der Waals surface area contributed by atoms with Crippen LogP contribution in [0.5, 0.6) is 0 Å². The third kappa shape index (κ3) is 4.06. The second-order valence-corrected chi connectivity index (χ2v) is 8.45. The SMILES string of the molecule is N#Cc1cc([C@]23COC(CO)C[C@H]2CSC(NC(=O)c2ccccc2)=N3)c(F)cc1F. The first-order valence-corrected chi connectivity index (χ1v) is 10.7. The molecule has 31 heavy (non-hydrogen) atoms. The number of nitrogens with zero attached hydrogens (tertiary/aromatic N) is 2. The second-order valence-electron chi connectivity index (χ2n) is 7.44. The highest BCUT2D eigenvalue weighted by Gasteiger charge is 2.50. The van der Waals surface area contributed by atoms with Crippen molar-refractivity contribution in [3.63, 3.8) is 0 Å². The minimum atomic E-state index is -1.25. The highest BCUT2D eigenvalue weighted by atomic mass is 32.2. The second kappa shape index (κ2) is 8.75. The maximum atomic E-state index is 14.9. The number of aliphatic hydroxyl groups is 1. The summed E-state index contributed by atoms with van der Waals surface area (Å²) in [6, 6.07) is 12.2. The number of hydrogen-bond donors (Lipinski definition) is 2. The van der Waals surface area contributed by atoms with E-state index in [-0.39, 0.29) is 36.2 Å². The van der Waals surface area contributed by atoms with Gasteiger partial charge in [-0.3, -0.25) is 4.79 Å². The van der Waals surface area contributed by atoms with Gasteiger partial charge in [0.15, 0.2) is 5.17 Å². The lowest BCUT2D eigenvalue weighted by molar-refractivity contribution is -0.0771. The predicted octanol–water partition coefficient (Wildman–Crippen LogP) is 2.96. The fourth-order valence-corrected chi connectivity index (χ4v) is 5.10. The fourth-order valence-electron chi connectivity index (χ4n) is 3.94. The van der Waals surface area contributed by atoms with Gasteiger partial charge in [-0.1, -0.05) is 30.0 Å². The Labute approximate surface area is 181 Å². The summed E-state index contributed by atoms with van der Waals surface area (Å²) in [6.45, 7) is -0.254. The molecule has 2 heterocycles. The number of rotatable bonds is 3. The molecule has 2 aromatic rings. The van der Waals surface area contributed by atoms with Crippen LogP contribution in [0.2, 0.25) is 0 Å². The number of aliphatic imine (C=N–C) groups is 1. The summed E-state index contributed by atoms with van der Waals surface area (Å²) in [7, 11) is 0. The zero-order valence-electron chi connectivity index (χ0n) is 16.3. The number of ether oxygens (including phenoxy) is 1. The van der Waals surface area contributed by atoms with Crippen molar-refractivity contribution in [1.29, 1.82) is 5.26 Å². The smallest absolute Gasteiger partial charge is 0.257 e. The van der Waals surface area contributed by atoms with Crippen molar-refractivity contribution in [2.75, 3.05) is 19.0 Å². The number of aliphatic hydroxyl groups excluding tert-OH is 1. The van der Waals surface area contributed by atoms with E-state index in [1.54, 1.807) is 36.4 Å². The van der Waals surface area contributed by atoms with Crippen molar-refractivity contribution >= 4 is 22.8 Å². The van der Waals surface area contributed by atoms with Gasteiger partial charge in [0.25, 0.3) is 5.91 Å². The van der Waals surface area contributed by atoms with Crippen molar-refractivity contribution in [2.45, 2.75) is 18.1 Å². The summed E-state index contributed by atoms with van der Waals surface area (Å²) in [6.07, 6.45) is -0.0145. The summed E-state index contributed by atoms with van der Waals surface area (Å²) in [5, 5.41) is 21.8. The van der Waals surface area contributed by atoms with Gasteiger partial charge in [0.1, 0.15) is 23.2 Å². The molecule has 0 radical (unpaired) electrons. The first kappa shape index (κ1) is 21.4. The quantitative estimate of drug-likeness (QED) is 0.761. The highest BCUT2D eigenvalue weighted by Crippen LogP contribution is 2.47. The molecule has 1 fully saturated rings. The number of benzene rings is 2. The van der Waals surface area contributed by atoms with E-state index in [0.717, 1.165) is 6.07 Å². The zero-order chi connectivity index (χ0) is 22.0. The normalized spacial score (nSPS) is 25.2. The first-order valence-electron chi connectivity index (χ1n) is 9.68. The summed E-state index contributed by atoms with van der Waals surface area (Å²) < 4.78 is 34.6. The number of halogens is 2. The molecule has 0 spiro atoms. The average Bonchev–Trinajstić information content (AvgIpc) is 2.79. The Balaban J connectivity index is 1.76. The lowest BCUT2D eigenvalue weighted by atomic mass is 9.74. The molecular weight excluding hydrogens is 424 g/mol. The summed E-state index contributed by atoms with van der Waals surface area (Å²) in [5.41, 5.74) is -1.06. The Morgan fingerprint density at radius 3 is 2.81 bits per heavy atom. The van der Waals surface area contributed by atoms with E-state index in [2.05, 4.69) is 10.3 Å². The molecular formula is C22H19F2N3O3S. The number of amidine groups is 1. The molecule has 2 N–H and O–H groups in total. The van der Waals surface area contributed by atoms with Crippen LogP contribution in [0.1, 0.15) is 27.9 Å². The monoisotopic (exact) mass is 443 g/mol. The molecule has 0 saturated carbocycles. The van der Waals surface area contributed by atoms with Crippen LogP contribution in [0.4, 0.5) is 8.78 Å². The van der Waals surface area contributed by atoms with E-state index in [4.69, 9.17) is 4.74 Å². The van der Waals surface area contributed by atoms with E-state index in [9.17, 15) is 23.9 Å². The zero-order valence-corrected chi connectivity index (χ0v) is 17.2. The minimum absolute atomic E-state index is 0.0404. The molecule has 0 bridgehead atoms. The third-order valence-corrected chi connectivity index (χ3v) is 6.62. The van der Waals surface area contributed by atoms with Crippen LogP contribution in [0, 0.1) is 28.9 Å². The van der Waals surface area contributed by atoms with Gasteiger partial charge in [-0.05, 0) is 24.6 Å². The lowest BCUT2D eigenvalue weighted by Crippen LogP contribution is -2.52. The molecule has 1 unspecified atom stereocenters. The highest BCUT2D eigenvalue weighted by molar-refractivity contribution is 8.13. The molecule has 2 aliphatic rings. The van der Waals surface area contributed by atoms with Crippen LogP contribution >= 0.6 is 11.8 Å². The van der Waals surface area contributed by atoms with Crippen LogP contribution < -0.4 is 5.32 Å². The van der Waals surface area contributed by atoms with Crippen LogP contribution in [0.3, 0.4) is 0 Å². The van der Waals surface area contributed by atoms with Crippen LogP contribution in [-0.2, 0) is 10.3 Å². The number of carbonyl (C=O) groups is 1. The van der Waals surface area contributed by atoms with Gasteiger partial charge in [0.05, 0.1) is 24.9 Å². The topological polar surface area (TPSA) is 94.7 Å². The Morgan fingerprint density at radius 1 is 1.32 bits per heavy atom. The van der Waals surface area contributed by atoms with Crippen molar-refractivity contribution in [3.05, 3.63) is 70.8 Å². The van der Waals surface area contributed by atoms with Crippen LogP contribution in [-0.4, -0.2) is 41.3 Å². The molecule has 2 aliphatic heterocycles. The Hall–Kier alpha value is -2.80. The lowest BCUT2D eigenvalue weighted by Gasteiger charge is -2.46. The molecule has 6 nitrogen and oxygen atoms in total. The molecule has 3 atom stereocenters. The summed E-state index contributed by atoms with van der Waals surface area (Å²) in [5.74, 6) is -1.91. The largest absolute Gasteiger partial charge is 0.394 e. The number of amides is 1. The Kier molecular flexibility index (Phi) is 6.05. The number of nitriles is 1. The average molecular weight is 443 g/mol. The van der Waals surface area contributed by atoms with Crippen molar-refractivity contribution < 1.29 is 23.4 Å². The van der Waals surface area contributed by atoms with Gasteiger partial charge in [0, 0.05) is 28.9 Å². The number of hydrogen-bond acceptors (Lipinski definition) is 6. The van der Waals surface area contributed by atoms with Crippen LogP contribution in [0.25, 0.3) is 0 Å². The minimum Gasteiger partial charge on any atom is -0.394 e. The number of fused-ring (bicyclic) bond motifs is 1. The number of carbonyl (C=O) groups excluding carboxylic acids is 1. The molecule has 2 aromatic carbocycles. The maximum absolute atomic E-state index is 14.9. The van der Waals surface area contributed by atoms with Gasteiger partial charge >= 0.3 is 0 Å². The van der Waals surface area contributed by atoms with Gasteiger partial charge in [-0.25, -0.2) is 13.8 Å². The molecule has 0 aromatic heterocycles. The van der Waals surface area contributed by atoms with Gasteiger partial charge in [-0.15, -0.1) is 0 Å². The van der Waals surface area contributed by atoms with E-state index >= 15 is 0 Å². The molecule has 1 saturated heterocycles. The standard InChI is InChI=1S/C22H19F2N3O3S/c23-18-8-19(24)17(6-14(18)9-25)22-12-30-16(10-28)7-15(22)11-31-21(27-22)26-20(29)13-4-2-1-3-5-13/h1-6,8,15-16,28H,7,10-12H2,(H,26,27,29)/t15-,16?,22-/m0/s1. The Morgan fingerprint density at radius 2 is 2.10 bits per heavy atom. The van der Waals surface area contributed by atoms with E-state index < -0.39 is 23.3 Å². The fraction of sp³-hybridized carbons (Fsp3) is 0.318. The maximum Gasteiger partial charge on any atom is 0.257 e. The van der Waals surface area contributed by atoms with Gasteiger partial charge in [0.2, 0.25) is 0 Å². The van der Waals surface area contributed by atoms with Crippen molar-refractivity contribution in [3.8, 4) is 6.07 Å². The summed E-state index contributed by atoms with van der Waals surface area (Å²) >= 11 is 1.32. The molecule has 0 aliphatic carbocycles. The van der Waals surface area contributed by atoms with E-state index in [1.807, 2.05) is 0 Å². The van der Waals surface area contributed by atoms with Crippen molar-refractivity contribution in [2.24, 2.45) is 10.9 Å². The predicted molar refractivity (Wildman–Crippen MR) is 111 cm³/mol. The molecule has 1 amide bonds. The molecule has 4 rings (SSSR count). The van der Waals surface area contributed by atoms with Gasteiger partial charge < -0.3 is 15.2 Å².